The Morgan fingerprint density at radius 3 is 2.19 bits per heavy atom. The van der Waals surface area contributed by atoms with Crippen molar-refractivity contribution in [3.63, 3.8) is 0 Å². The van der Waals surface area contributed by atoms with Crippen molar-refractivity contribution >= 4 is 9.84 Å². The summed E-state index contributed by atoms with van der Waals surface area (Å²) in [7, 11) is -2.86. The molecule has 0 N–H and O–H groups in total. The van der Waals surface area contributed by atoms with Crippen molar-refractivity contribution in [3.8, 4) is 6.07 Å². The van der Waals surface area contributed by atoms with E-state index in [4.69, 9.17) is 0 Å². The third kappa shape index (κ3) is 2.24. The molecule has 1 unspecified atom stereocenters. The molecule has 0 aromatic heterocycles. The molecule has 1 saturated carbocycles. The van der Waals surface area contributed by atoms with Crippen LogP contribution in [0.5, 0.6) is 0 Å². The quantitative estimate of drug-likeness (QED) is 0.662. The molecule has 2 fully saturated rings. The summed E-state index contributed by atoms with van der Waals surface area (Å²) in [5, 5.41) is 9.45. The van der Waals surface area contributed by atoms with Crippen LogP contribution in [0.1, 0.15) is 44.9 Å². The Morgan fingerprint density at radius 1 is 1.12 bits per heavy atom. The smallest absolute Gasteiger partial charge is 0.150 e. The minimum atomic E-state index is -2.86. The van der Waals surface area contributed by atoms with Crippen LogP contribution in [0, 0.1) is 22.7 Å². The highest BCUT2D eigenvalue weighted by Gasteiger charge is 2.44. The number of hydrogen-bond acceptors (Lipinski definition) is 3. The van der Waals surface area contributed by atoms with Gasteiger partial charge in [0.1, 0.15) is 0 Å². The Hall–Kier alpha value is -0.560. The summed E-state index contributed by atoms with van der Waals surface area (Å²) in [5.74, 6) is 0.641. The maximum Gasteiger partial charge on any atom is 0.150 e. The molecule has 0 amide bonds. The Balaban J connectivity index is 2.18. The minimum Gasteiger partial charge on any atom is -0.229 e. The molecule has 0 spiro atoms. The van der Waals surface area contributed by atoms with Crippen LogP contribution in [0.15, 0.2) is 0 Å². The van der Waals surface area contributed by atoms with Gasteiger partial charge in [-0.2, -0.15) is 5.26 Å². The second kappa shape index (κ2) is 4.37. The fourth-order valence-corrected chi connectivity index (χ4v) is 5.11. The summed E-state index contributed by atoms with van der Waals surface area (Å²) >= 11 is 0. The zero-order chi connectivity index (χ0) is 11.6. The van der Waals surface area contributed by atoms with Crippen LogP contribution in [0.4, 0.5) is 0 Å². The molecular formula is C12H19NO2S. The number of nitriles is 1. The average Bonchev–Trinajstić information content (AvgIpc) is 2.52. The van der Waals surface area contributed by atoms with Gasteiger partial charge in [0.2, 0.25) is 0 Å². The first-order valence-corrected chi connectivity index (χ1v) is 8.02. The number of rotatable bonds is 1. The van der Waals surface area contributed by atoms with Crippen LogP contribution in [0.25, 0.3) is 0 Å². The van der Waals surface area contributed by atoms with Gasteiger partial charge in [0.15, 0.2) is 9.84 Å². The largest absolute Gasteiger partial charge is 0.229 e. The molecule has 0 bridgehead atoms. The van der Waals surface area contributed by atoms with E-state index in [0.717, 1.165) is 25.7 Å². The van der Waals surface area contributed by atoms with E-state index < -0.39 is 9.84 Å². The molecule has 90 valence electrons. The molecule has 0 aromatic carbocycles. The third-order valence-corrected chi connectivity index (χ3v) is 6.00. The van der Waals surface area contributed by atoms with Gasteiger partial charge in [0.25, 0.3) is 0 Å². The van der Waals surface area contributed by atoms with Crippen LogP contribution in [0.3, 0.4) is 0 Å². The average molecular weight is 241 g/mol. The van der Waals surface area contributed by atoms with E-state index in [1.54, 1.807) is 0 Å². The zero-order valence-electron chi connectivity index (χ0n) is 9.61. The SMILES string of the molecule is N#CC1(C2CCS(=O)(=O)C2)CCCCCC1. The van der Waals surface area contributed by atoms with Crippen LogP contribution in [-0.2, 0) is 9.84 Å². The first-order chi connectivity index (χ1) is 7.58. The molecule has 1 aliphatic heterocycles. The molecular weight excluding hydrogens is 222 g/mol. The normalized spacial score (nSPS) is 32.8. The Bertz CT molecular complexity index is 386. The number of sulfone groups is 1. The van der Waals surface area contributed by atoms with Crippen molar-refractivity contribution in [3.05, 3.63) is 0 Å². The maximum atomic E-state index is 11.5. The maximum absolute atomic E-state index is 11.5. The fourth-order valence-electron chi connectivity index (χ4n) is 3.20. The highest BCUT2D eigenvalue weighted by molar-refractivity contribution is 7.91. The van der Waals surface area contributed by atoms with E-state index in [9.17, 15) is 13.7 Å². The molecule has 2 aliphatic rings. The molecule has 16 heavy (non-hydrogen) atoms. The lowest BCUT2D eigenvalue weighted by atomic mass is 9.71. The predicted octanol–water partition coefficient (Wildman–Crippen LogP) is 2.29. The van der Waals surface area contributed by atoms with Crippen LogP contribution < -0.4 is 0 Å². The standard InChI is InChI=1S/C12H19NO2S/c13-10-12(6-3-1-2-4-7-12)11-5-8-16(14,15)9-11/h11H,1-9H2. The van der Waals surface area contributed by atoms with Crippen LogP contribution >= 0.6 is 0 Å². The van der Waals surface area contributed by atoms with Gasteiger partial charge in [-0.25, -0.2) is 8.42 Å². The highest BCUT2D eigenvalue weighted by Crippen LogP contribution is 2.45. The molecule has 4 heteroatoms. The lowest BCUT2D eigenvalue weighted by molar-refractivity contribution is 0.227. The minimum absolute atomic E-state index is 0.0978. The highest BCUT2D eigenvalue weighted by atomic mass is 32.2. The summed E-state index contributed by atoms with van der Waals surface area (Å²) < 4.78 is 23.0. The molecule has 1 atom stereocenters. The second-order valence-corrected chi connectivity index (χ2v) is 7.51. The van der Waals surface area contributed by atoms with Gasteiger partial charge < -0.3 is 0 Å². The summed E-state index contributed by atoms with van der Waals surface area (Å²) in [4.78, 5) is 0. The van der Waals surface area contributed by atoms with E-state index in [0.29, 0.717) is 12.2 Å². The van der Waals surface area contributed by atoms with Crippen molar-refractivity contribution in [2.45, 2.75) is 44.9 Å². The lowest BCUT2D eigenvalue weighted by Crippen LogP contribution is -2.29. The summed E-state index contributed by atoms with van der Waals surface area (Å²) in [6, 6.07) is 2.47. The Kier molecular flexibility index (Phi) is 3.25. The second-order valence-electron chi connectivity index (χ2n) is 5.28. The Labute approximate surface area is 97.8 Å². The summed E-state index contributed by atoms with van der Waals surface area (Å²) in [5.41, 5.74) is -0.333. The van der Waals surface area contributed by atoms with Gasteiger partial charge in [-0.1, -0.05) is 25.7 Å². The molecule has 0 radical (unpaired) electrons. The number of hydrogen-bond donors (Lipinski definition) is 0. The monoisotopic (exact) mass is 241 g/mol. The van der Waals surface area contributed by atoms with Crippen molar-refractivity contribution < 1.29 is 8.42 Å². The van der Waals surface area contributed by atoms with E-state index in [1.165, 1.54) is 12.8 Å². The van der Waals surface area contributed by atoms with Gasteiger partial charge in [-0.05, 0) is 25.2 Å². The molecule has 1 aliphatic carbocycles. The zero-order valence-corrected chi connectivity index (χ0v) is 10.4. The van der Waals surface area contributed by atoms with Crippen LogP contribution in [-0.4, -0.2) is 19.9 Å². The number of nitrogens with zero attached hydrogens (tertiary/aromatic N) is 1. The Morgan fingerprint density at radius 2 is 1.75 bits per heavy atom. The molecule has 3 nitrogen and oxygen atoms in total. The summed E-state index contributed by atoms with van der Waals surface area (Å²) in [6.45, 7) is 0. The lowest BCUT2D eigenvalue weighted by Gasteiger charge is -2.30. The van der Waals surface area contributed by atoms with E-state index >= 15 is 0 Å². The van der Waals surface area contributed by atoms with Gasteiger partial charge in [-0.3, -0.25) is 0 Å². The van der Waals surface area contributed by atoms with Crippen LogP contribution in [0.2, 0.25) is 0 Å². The van der Waals surface area contributed by atoms with E-state index in [1.807, 2.05) is 0 Å². The van der Waals surface area contributed by atoms with Crippen molar-refractivity contribution in [2.75, 3.05) is 11.5 Å². The van der Waals surface area contributed by atoms with Gasteiger partial charge >= 0.3 is 0 Å². The first kappa shape index (κ1) is 11.9. The third-order valence-electron chi connectivity index (χ3n) is 4.23. The first-order valence-electron chi connectivity index (χ1n) is 6.20. The van der Waals surface area contributed by atoms with Gasteiger partial charge in [0, 0.05) is 0 Å². The topological polar surface area (TPSA) is 57.9 Å². The molecule has 1 heterocycles. The van der Waals surface area contributed by atoms with E-state index in [-0.39, 0.29) is 17.1 Å². The summed E-state index contributed by atoms with van der Waals surface area (Å²) in [6.07, 6.45) is 7.09. The van der Waals surface area contributed by atoms with Crippen molar-refractivity contribution in [1.29, 1.82) is 5.26 Å². The predicted molar refractivity (Wildman–Crippen MR) is 62.5 cm³/mol. The molecule has 0 aromatic rings. The van der Waals surface area contributed by atoms with Crippen molar-refractivity contribution in [1.82, 2.24) is 0 Å². The fraction of sp³-hybridized carbons (Fsp3) is 0.917. The molecule has 1 saturated heterocycles. The van der Waals surface area contributed by atoms with Gasteiger partial charge in [0.05, 0.1) is 23.0 Å². The van der Waals surface area contributed by atoms with Gasteiger partial charge in [-0.15, -0.1) is 0 Å². The van der Waals surface area contributed by atoms with E-state index in [2.05, 4.69) is 6.07 Å². The van der Waals surface area contributed by atoms with Crippen molar-refractivity contribution in [2.24, 2.45) is 11.3 Å². The molecule has 2 rings (SSSR count).